The van der Waals surface area contributed by atoms with E-state index < -0.39 is 51.7 Å². The van der Waals surface area contributed by atoms with E-state index in [0.29, 0.717) is 7.11 Å². The zero-order valence-corrected chi connectivity index (χ0v) is 11.9. The van der Waals surface area contributed by atoms with Crippen LogP contribution in [0.3, 0.4) is 0 Å². The fourth-order valence-electron chi connectivity index (χ4n) is 2.15. The molecular weight excluding hydrogens is 374 g/mol. The van der Waals surface area contributed by atoms with Crippen LogP contribution in [0.1, 0.15) is 5.56 Å². The zero-order chi connectivity index (χ0) is 19.4. The summed E-state index contributed by atoms with van der Waals surface area (Å²) in [5, 5.41) is 13.8. The van der Waals surface area contributed by atoms with E-state index in [2.05, 4.69) is 4.74 Å². The van der Waals surface area contributed by atoms with Crippen molar-refractivity contribution in [3.8, 4) is 0 Å². The molecule has 2 N–H and O–H groups in total. The van der Waals surface area contributed by atoms with E-state index in [-0.39, 0.29) is 12.1 Å². The Morgan fingerprint density at radius 2 is 1.64 bits per heavy atom. The third-order valence-corrected chi connectivity index (χ3v) is 3.36. The summed E-state index contributed by atoms with van der Waals surface area (Å²) in [6, 6.07) is 0.160. The molecule has 1 atom stereocenters. The first-order chi connectivity index (χ1) is 11.2. The molecule has 1 unspecified atom stereocenters. The Labute approximate surface area is 132 Å². The number of nitrogens with one attached hydrogen (secondary N) is 2. The van der Waals surface area contributed by atoms with Crippen molar-refractivity contribution in [1.82, 2.24) is 0 Å². The van der Waals surface area contributed by atoms with Gasteiger partial charge in [-0.25, -0.2) is 0 Å². The van der Waals surface area contributed by atoms with Gasteiger partial charge in [0.15, 0.2) is 0 Å². The first kappa shape index (κ1) is 19.0. The number of ether oxygens (including phenoxy) is 1. The van der Waals surface area contributed by atoms with E-state index in [9.17, 15) is 45.2 Å². The average molecular weight is 381 g/mol. The molecule has 0 bridgehead atoms. The van der Waals surface area contributed by atoms with Crippen LogP contribution >= 0.6 is 0 Å². The van der Waals surface area contributed by atoms with Gasteiger partial charge in [-0.2, -0.15) is 35.1 Å². The van der Waals surface area contributed by atoms with E-state index in [1.807, 2.05) is 0 Å². The van der Waals surface area contributed by atoms with E-state index in [4.69, 9.17) is 0 Å². The van der Waals surface area contributed by atoms with Crippen molar-refractivity contribution in [3.63, 3.8) is 0 Å². The summed E-state index contributed by atoms with van der Waals surface area (Å²) < 4.78 is 108. The highest BCUT2D eigenvalue weighted by Crippen LogP contribution is 2.52. The zero-order valence-electron chi connectivity index (χ0n) is 11.9. The van der Waals surface area contributed by atoms with Crippen LogP contribution in [-0.4, -0.2) is 30.0 Å². The lowest BCUT2D eigenvalue weighted by Gasteiger charge is -2.36. The molecule has 1 aromatic rings. The molecule has 1 aromatic carbocycles. The quantitative estimate of drug-likeness (QED) is 0.471. The maximum absolute atomic E-state index is 13.8. The molecule has 0 saturated heterocycles. The molecule has 1 aliphatic rings. The largest absolute Gasteiger partial charge is 0.460 e. The van der Waals surface area contributed by atoms with Crippen molar-refractivity contribution < 1.29 is 44.8 Å². The highest BCUT2D eigenvalue weighted by molar-refractivity contribution is 5.85. The average Bonchev–Trinajstić information content (AvgIpc) is 2.83. The molecule has 0 fully saturated rings. The molecule has 14 heteroatoms. The second kappa shape index (κ2) is 5.31. The van der Waals surface area contributed by atoms with Gasteiger partial charge in [-0.1, -0.05) is 0 Å². The fraction of sp³-hybridized carbons (Fsp3) is 0.455. The number of rotatable bonds is 3. The van der Waals surface area contributed by atoms with Crippen molar-refractivity contribution in [2.75, 3.05) is 17.7 Å². The van der Waals surface area contributed by atoms with E-state index >= 15 is 0 Å². The molecule has 0 aliphatic carbocycles. The van der Waals surface area contributed by atoms with Crippen LogP contribution in [-0.2, 0) is 10.9 Å². The monoisotopic (exact) mass is 381 g/mol. The minimum Gasteiger partial charge on any atom is -0.337 e. The Kier molecular flexibility index (Phi) is 4.02. The number of benzene rings is 1. The number of alkyl halides is 8. The lowest BCUT2D eigenvalue weighted by atomic mass is 10.1. The normalized spacial score (nSPS) is 20.7. The summed E-state index contributed by atoms with van der Waals surface area (Å²) >= 11 is 0. The second-order valence-corrected chi connectivity index (χ2v) is 4.88. The van der Waals surface area contributed by atoms with E-state index in [1.54, 1.807) is 0 Å². The maximum Gasteiger partial charge on any atom is 0.460 e. The van der Waals surface area contributed by atoms with Gasteiger partial charge in [-0.05, 0) is 6.07 Å². The molecule has 140 valence electrons. The molecule has 25 heavy (non-hydrogen) atoms. The maximum atomic E-state index is 13.8. The van der Waals surface area contributed by atoms with Crippen LogP contribution in [0.4, 0.5) is 52.2 Å². The van der Waals surface area contributed by atoms with Gasteiger partial charge >= 0.3 is 18.3 Å². The summed E-state index contributed by atoms with van der Waals surface area (Å²) in [6.45, 7) is 0. The highest BCUT2D eigenvalue weighted by atomic mass is 19.4. The number of hydrogen-bond donors (Lipinski definition) is 2. The molecule has 6 nitrogen and oxygen atoms in total. The number of nitro benzene ring substituents is 1. The van der Waals surface area contributed by atoms with Gasteiger partial charge in [-0.15, -0.1) is 0 Å². The van der Waals surface area contributed by atoms with E-state index in [1.165, 1.54) is 10.6 Å². The fourth-order valence-corrected chi connectivity index (χ4v) is 2.15. The third kappa shape index (κ3) is 2.79. The number of halogens is 8. The SMILES string of the molecule is COC1(C(F)(F)C(F)(F)F)Nc2cc(C(F)(F)F)cc([N+](=O)[O-])c2N1. The van der Waals surface area contributed by atoms with Crippen molar-refractivity contribution in [2.45, 2.75) is 24.1 Å². The minimum absolute atomic E-state index is 0.00495. The Morgan fingerprint density at radius 1 is 1.08 bits per heavy atom. The topological polar surface area (TPSA) is 76.4 Å². The van der Waals surface area contributed by atoms with E-state index in [0.717, 1.165) is 0 Å². The number of anilines is 2. The van der Waals surface area contributed by atoms with Gasteiger partial charge in [0.1, 0.15) is 5.69 Å². The van der Waals surface area contributed by atoms with Gasteiger partial charge in [0.25, 0.3) is 11.5 Å². The first-order valence-electron chi connectivity index (χ1n) is 6.12. The third-order valence-electron chi connectivity index (χ3n) is 3.36. The molecule has 0 spiro atoms. The van der Waals surface area contributed by atoms with Crippen LogP contribution in [0.15, 0.2) is 12.1 Å². The Bertz CT molecular complexity index is 718. The number of fused-ring (bicyclic) bond motifs is 1. The predicted molar refractivity (Wildman–Crippen MR) is 66.1 cm³/mol. The molecule has 0 radical (unpaired) electrons. The van der Waals surface area contributed by atoms with Crippen LogP contribution in [0.25, 0.3) is 0 Å². The smallest absolute Gasteiger partial charge is 0.337 e. The number of methoxy groups -OCH3 is 1. The standard InChI is InChI=1S/C11H7F8N3O3/c1-25-11(9(15,16)10(17,18)19)20-5-2-4(8(12,13)14)3-6(22(23)24)7(5)21-11/h2-3,20-21H,1H3. The summed E-state index contributed by atoms with van der Waals surface area (Å²) in [6.07, 6.45) is -11.3. The van der Waals surface area contributed by atoms with Crippen molar-refractivity contribution in [2.24, 2.45) is 0 Å². The van der Waals surface area contributed by atoms with Crippen molar-refractivity contribution >= 4 is 17.1 Å². The van der Waals surface area contributed by atoms with Crippen molar-refractivity contribution in [3.05, 3.63) is 27.8 Å². The molecule has 0 amide bonds. The summed E-state index contributed by atoms with van der Waals surface area (Å²) in [4.78, 5) is 9.54. The lowest BCUT2D eigenvalue weighted by Crippen LogP contribution is -2.65. The van der Waals surface area contributed by atoms with Gasteiger partial charge in [0.2, 0.25) is 0 Å². The van der Waals surface area contributed by atoms with Crippen LogP contribution in [0.2, 0.25) is 0 Å². The molecule has 0 aromatic heterocycles. The highest BCUT2D eigenvalue weighted by Gasteiger charge is 2.74. The van der Waals surface area contributed by atoms with Crippen LogP contribution in [0.5, 0.6) is 0 Å². The number of nitrogens with zero attached hydrogens (tertiary/aromatic N) is 1. The summed E-state index contributed by atoms with van der Waals surface area (Å²) in [7, 11) is 0.419. The van der Waals surface area contributed by atoms with Gasteiger partial charge in [0, 0.05) is 13.2 Å². The second-order valence-electron chi connectivity index (χ2n) is 4.88. The van der Waals surface area contributed by atoms with Crippen LogP contribution in [0, 0.1) is 10.1 Å². The van der Waals surface area contributed by atoms with Gasteiger partial charge in [-0.3, -0.25) is 10.1 Å². The first-order valence-corrected chi connectivity index (χ1v) is 6.12. The van der Waals surface area contributed by atoms with Crippen molar-refractivity contribution in [1.29, 1.82) is 0 Å². The van der Waals surface area contributed by atoms with Gasteiger partial charge < -0.3 is 15.4 Å². The molecule has 1 heterocycles. The Balaban J connectivity index is 2.65. The predicted octanol–water partition coefficient (Wildman–Crippen LogP) is 3.95. The van der Waals surface area contributed by atoms with Crippen LogP contribution < -0.4 is 10.6 Å². The summed E-state index contributed by atoms with van der Waals surface area (Å²) in [5.41, 5.74) is -4.96. The Hall–Kier alpha value is -2.38. The summed E-state index contributed by atoms with van der Waals surface area (Å²) in [5.74, 6) is -9.41. The minimum atomic E-state index is -6.17. The van der Waals surface area contributed by atoms with Gasteiger partial charge in [0.05, 0.1) is 16.2 Å². The number of nitro groups is 1. The molecular formula is C11H7F8N3O3. The molecule has 1 aliphatic heterocycles. The Morgan fingerprint density at radius 3 is 2.04 bits per heavy atom. The lowest BCUT2D eigenvalue weighted by molar-refractivity contribution is -0.384. The molecule has 0 saturated carbocycles. The number of hydrogen-bond acceptors (Lipinski definition) is 5. The molecule has 2 rings (SSSR count).